The highest BCUT2D eigenvalue weighted by Gasteiger charge is 1.68. The second kappa shape index (κ2) is 4.00. The van der Waals surface area contributed by atoms with E-state index in [0.29, 0.717) is 0 Å². The molecule has 0 aromatic heterocycles. The van der Waals surface area contributed by atoms with Crippen LogP contribution in [0, 0.1) is 5.89 Å². The Morgan fingerprint density at radius 3 is 1.40 bits per heavy atom. The minimum atomic E-state index is -0.250. The minimum absolute atomic E-state index is 0. The molecule has 0 N–H and O–H groups in total. The van der Waals surface area contributed by atoms with E-state index in [1.807, 2.05) is 20.8 Å². The summed E-state index contributed by atoms with van der Waals surface area (Å²) < 4.78 is 6.94. The summed E-state index contributed by atoms with van der Waals surface area (Å²) in [5.74, 6) is -0.250. The van der Waals surface area contributed by atoms with Crippen LogP contribution < -0.4 is 0 Å². The first kappa shape index (κ1) is 5.00. The van der Waals surface area contributed by atoms with E-state index in [0.717, 1.165) is 0 Å². The number of rotatable bonds is 0. The van der Waals surface area contributed by atoms with Gasteiger partial charge in [-0.1, -0.05) is 28.2 Å². The predicted octanol–water partition coefficient (Wildman–Crippen LogP) is 2.30. The third-order valence-corrected chi connectivity index (χ3v) is 0. The fourth-order valence-corrected chi connectivity index (χ4v) is 0. The third-order valence-electron chi connectivity index (χ3n) is 0. The average Bonchev–Trinajstić information content (AvgIpc) is 0.722. The molecule has 34 valence electrons. The summed E-state index contributed by atoms with van der Waals surface area (Å²) in [6.45, 7) is 5.56. The van der Waals surface area contributed by atoms with Crippen molar-refractivity contribution in [2.24, 2.45) is 5.89 Å². The van der Waals surface area contributed by atoms with Crippen LogP contribution in [0.25, 0.3) is 0 Å². The maximum atomic E-state index is 6.94. The summed E-state index contributed by atoms with van der Waals surface area (Å²) in [5.41, 5.74) is 0. The van der Waals surface area contributed by atoms with Crippen LogP contribution in [0.4, 0.5) is 0 Å². The third kappa shape index (κ3) is 0. The van der Waals surface area contributed by atoms with Crippen molar-refractivity contribution in [1.29, 1.82) is 0 Å². The zero-order chi connectivity index (χ0) is 4.50. The maximum Gasteiger partial charge on any atom is 0.0294 e. The van der Waals surface area contributed by atoms with E-state index in [-0.39, 0.29) is 13.3 Å². The van der Waals surface area contributed by atoms with Crippen molar-refractivity contribution in [2.45, 2.75) is 28.2 Å². The fourth-order valence-electron chi connectivity index (χ4n) is 0. The Labute approximate surface area is 36.6 Å². The molecule has 0 aliphatic rings. The van der Waals surface area contributed by atoms with Crippen LogP contribution in [0.5, 0.6) is 0 Å². The molecule has 0 heteroatoms. The lowest BCUT2D eigenvalue weighted by molar-refractivity contribution is 0.737. The van der Waals surface area contributed by atoms with Gasteiger partial charge in [-0.3, -0.25) is 0 Å². The number of hydrogen-bond donors (Lipinski definition) is 0. The van der Waals surface area contributed by atoms with Crippen LogP contribution in [0.1, 0.15) is 29.6 Å². The Morgan fingerprint density at radius 2 is 1.40 bits per heavy atom. The lowest BCUT2D eigenvalue weighted by Gasteiger charge is -1.79. The zero-order valence-electron chi connectivity index (χ0n) is 4.50. The highest BCUT2D eigenvalue weighted by atomic mass is 13.7. The van der Waals surface area contributed by atoms with Gasteiger partial charge in [0.15, 0.2) is 0 Å². The van der Waals surface area contributed by atoms with Crippen LogP contribution in [0.3, 0.4) is 0 Å². The topological polar surface area (TPSA) is 0 Å². The maximum absolute atomic E-state index is 6.94. The second-order valence-electron chi connectivity index (χ2n) is 1.50. The molecule has 0 rings (SSSR count). The monoisotopic (exact) mass is 75.1 g/mol. The SMILES string of the molecule is C.[2H]C(C)(C)C. The van der Waals surface area contributed by atoms with E-state index in [1.165, 1.54) is 0 Å². The molecule has 0 fully saturated rings. The van der Waals surface area contributed by atoms with Crippen LogP contribution in [-0.2, 0) is 0 Å². The summed E-state index contributed by atoms with van der Waals surface area (Å²) in [6, 6.07) is 0. The Bertz CT molecular complexity index is 19.4. The lowest BCUT2D eigenvalue weighted by atomic mass is 10.3. The Morgan fingerprint density at radius 1 is 1.40 bits per heavy atom. The molecule has 0 spiro atoms. The van der Waals surface area contributed by atoms with Crippen LogP contribution in [-0.4, -0.2) is 0 Å². The standard InChI is InChI=1S/C4H10.CH4/c1-4(2)3;/h4H,1-3H3;1H4/i4D;. The molecule has 0 bridgehead atoms. The molecule has 0 aliphatic carbocycles. The van der Waals surface area contributed by atoms with Crippen molar-refractivity contribution < 1.29 is 1.37 Å². The van der Waals surface area contributed by atoms with Gasteiger partial charge in [0.1, 0.15) is 0 Å². The first-order chi connectivity index (χ1) is 2.00. The summed E-state index contributed by atoms with van der Waals surface area (Å²) in [7, 11) is 0. The average molecular weight is 75.2 g/mol. The number of hydrogen-bond acceptors (Lipinski definition) is 0. The van der Waals surface area contributed by atoms with E-state index >= 15 is 0 Å². The quantitative estimate of drug-likeness (QED) is 0.414. The lowest BCUT2D eigenvalue weighted by Crippen LogP contribution is -1.66. The first-order valence-corrected chi connectivity index (χ1v) is 1.50. The van der Waals surface area contributed by atoms with Crippen LogP contribution >= 0.6 is 0 Å². The molecular weight excluding hydrogens is 60.1 g/mol. The van der Waals surface area contributed by atoms with Gasteiger partial charge in [-0.15, -0.1) is 0 Å². The van der Waals surface area contributed by atoms with Gasteiger partial charge in [-0.2, -0.15) is 0 Å². The molecule has 0 radical (unpaired) electrons. The molecule has 0 aromatic rings. The van der Waals surface area contributed by atoms with Gasteiger partial charge in [0.05, 0.1) is 0 Å². The summed E-state index contributed by atoms with van der Waals surface area (Å²) in [4.78, 5) is 0. The van der Waals surface area contributed by atoms with E-state index in [1.54, 1.807) is 0 Å². The predicted molar refractivity (Wildman–Crippen MR) is 27.2 cm³/mol. The molecule has 0 aromatic carbocycles. The molecule has 0 unspecified atom stereocenters. The summed E-state index contributed by atoms with van der Waals surface area (Å²) in [6.07, 6.45) is 0. The molecule has 0 saturated heterocycles. The van der Waals surface area contributed by atoms with Crippen molar-refractivity contribution in [2.75, 3.05) is 0 Å². The van der Waals surface area contributed by atoms with Gasteiger partial charge in [0.2, 0.25) is 0 Å². The highest BCUT2D eigenvalue weighted by Crippen LogP contribution is 1.81. The van der Waals surface area contributed by atoms with Gasteiger partial charge in [0.25, 0.3) is 0 Å². The molecule has 0 nitrogen and oxygen atoms in total. The molecule has 0 heterocycles. The van der Waals surface area contributed by atoms with Gasteiger partial charge in [-0.05, 0) is 5.89 Å². The summed E-state index contributed by atoms with van der Waals surface area (Å²) >= 11 is 0. The Balaban J connectivity index is 0. The van der Waals surface area contributed by atoms with Crippen molar-refractivity contribution in [3.63, 3.8) is 0 Å². The van der Waals surface area contributed by atoms with Gasteiger partial charge < -0.3 is 0 Å². The zero-order valence-corrected chi connectivity index (χ0v) is 3.50. The van der Waals surface area contributed by atoms with Gasteiger partial charge >= 0.3 is 0 Å². The van der Waals surface area contributed by atoms with E-state index in [9.17, 15) is 0 Å². The van der Waals surface area contributed by atoms with Crippen molar-refractivity contribution in [3.8, 4) is 0 Å². The Kier molecular flexibility index (Phi) is 4.00. The van der Waals surface area contributed by atoms with Gasteiger partial charge in [0, 0.05) is 1.37 Å². The molecular formula is C5H14. The normalized spacial score (nSPS) is 12.2. The van der Waals surface area contributed by atoms with Crippen molar-refractivity contribution in [3.05, 3.63) is 0 Å². The molecule has 0 atom stereocenters. The molecule has 0 saturated carbocycles. The molecule has 0 aliphatic heterocycles. The minimum Gasteiger partial charge on any atom is -0.0776 e. The largest absolute Gasteiger partial charge is 0.0776 e. The molecule has 0 amide bonds. The fraction of sp³-hybridized carbons (Fsp3) is 1.00. The Hall–Kier alpha value is 0. The van der Waals surface area contributed by atoms with Crippen molar-refractivity contribution in [1.82, 2.24) is 0 Å². The smallest absolute Gasteiger partial charge is 0.0294 e. The molecule has 5 heavy (non-hydrogen) atoms. The van der Waals surface area contributed by atoms with Crippen LogP contribution in [0.15, 0.2) is 0 Å². The first-order valence-electron chi connectivity index (χ1n) is 2.00. The second-order valence-corrected chi connectivity index (χ2v) is 1.50. The summed E-state index contributed by atoms with van der Waals surface area (Å²) in [5, 5.41) is 0. The van der Waals surface area contributed by atoms with Crippen molar-refractivity contribution >= 4 is 0 Å². The van der Waals surface area contributed by atoms with E-state index < -0.39 is 0 Å². The highest BCUT2D eigenvalue weighted by molar-refractivity contribution is 4.20. The van der Waals surface area contributed by atoms with E-state index in [4.69, 9.17) is 1.37 Å². The van der Waals surface area contributed by atoms with E-state index in [2.05, 4.69) is 0 Å². The van der Waals surface area contributed by atoms with Gasteiger partial charge in [-0.25, -0.2) is 0 Å². The van der Waals surface area contributed by atoms with Crippen LogP contribution in [0.2, 0.25) is 0 Å².